The Morgan fingerprint density at radius 3 is 1.61 bits per heavy atom. The van der Waals surface area contributed by atoms with E-state index in [1.165, 1.54) is 55.8 Å². The maximum Gasteiger partial charge on any atom is 0.164 e. The van der Waals surface area contributed by atoms with Gasteiger partial charge in [0.2, 0.25) is 0 Å². The standard InChI is InChI=1S/C65H55N7/c1-41-19-15-20-42(2)59(41)52-28-18-29-53(60-43(3)21-16-22-44(60)4)61(52)71-40-70(55-31-13-14-32-56(55)71)49-26-17-25-46(37-49)63-67-62(45-23-9-8-10-24-45)68-64(69-63)47-33-34-51-50-27-11-12-30-54(50)72(57(51)38-47)58-39-48(35-36-66-58)65(5,6)7/h8-39H,40H2,1-7H3. The number of pyridine rings is 1. The summed E-state index contributed by atoms with van der Waals surface area (Å²) < 4.78 is 2.27. The van der Waals surface area contributed by atoms with Crippen molar-refractivity contribution in [2.45, 2.75) is 53.9 Å². The molecule has 0 radical (unpaired) electrons. The zero-order chi connectivity index (χ0) is 49.3. The molecule has 8 aromatic carbocycles. The second-order valence-corrected chi connectivity index (χ2v) is 20.2. The highest BCUT2D eigenvalue weighted by molar-refractivity contribution is 6.10. The maximum absolute atomic E-state index is 5.33. The number of hydrogen-bond acceptors (Lipinski definition) is 6. The summed E-state index contributed by atoms with van der Waals surface area (Å²) in [6.45, 7) is 16.2. The first-order chi connectivity index (χ1) is 35.0. The van der Waals surface area contributed by atoms with Crippen LogP contribution in [0.5, 0.6) is 0 Å². The molecule has 11 aromatic rings. The number of para-hydroxylation sites is 4. The van der Waals surface area contributed by atoms with Crippen LogP contribution < -0.4 is 9.80 Å². The molecule has 0 aliphatic carbocycles. The molecule has 72 heavy (non-hydrogen) atoms. The lowest BCUT2D eigenvalue weighted by molar-refractivity contribution is 0.588. The number of rotatable bonds is 8. The molecule has 0 unspecified atom stereocenters. The Morgan fingerprint density at radius 2 is 0.958 bits per heavy atom. The largest absolute Gasteiger partial charge is 0.321 e. The number of benzene rings is 8. The molecule has 7 nitrogen and oxygen atoms in total. The monoisotopic (exact) mass is 933 g/mol. The van der Waals surface area contributed by atoms with Crippen LogP contribution in [0, 0.1) is 27.7 Å². The van der Waals surface area contributed by atoms with Gasteiger partial charge >= 0.3 is 0 Å². The number of nitrogens with zero attached hydrogens (tertiary/aromatic N) is 7. The van der Waals surface area contributed by atoms with E-state index < -0.39 is 0 Å². The molecule has 0 fully saturated rings. The van der Waals surface area contributed by atoms with Crippen molar-refractivity contribution in [2.24, 2.45) is 0 Å². The van der Waals surface area contributed by atoms with Crippen LogP contribution in [-0.2, 0) is 5.41 Å². The number of anilines is 4. The van der Waals surface area contributed by atoms with Gasteiger partial charge in [-0.3, -0.25) is 4.57 Å². The molecule has 0 amide bonds. The summed E-state index contributed by atoms with van der Waals surface area (Å²) in [5, 5.41) is 2.30. The molecule has 4 heterocycles. The summed E-state index contributed by atoms with van der Waals surface area (Å²) >= 11 is 0. The summed E-state index contributed by atoms with van der Waals surface area (Å²) in [6.07, 6.45) is 1.92. The molecule has 7 heteroatoms. The summed E-state index contributed by atoms with van der Waals surface area (Å²) in [6, 6.07) is 67.2. The molecule has 3 aromatic heterocycles. The van der Waals surface area contributed by atoms with Crippen LogP contribution in [0.25, 0.3) is 84.0 Å². The van der Waals surface area contributed by atoms with Crippen molar-refractivity contribution in [3.8, 4) is 62.2 Å². The lowest BCUT2D eigenvalue weighted by atomic mass is 9.88. The highest BCUT2D eigenvalue weighted by Crippen LogP contribution is 2.52. The third kappa shape index (κ3) is 7.69. The van der Waals surface area contributed by atoms with Gasteiger partial charge in [0, 0.05) is 50.5 Å². The zero-order valence-corrected chi connectivity index (χ0v) is 41.8. The van der Waals surface area contributed by atoms with E-state index in [9.17, 15) is 0 Å². The Balaban J connectivity index is 0.996. The molecule has 0 saturated heterocycles. The molecule has 12 rings (SSSR count). The van der Waals surface area contributed by atoms with E-state index >= 15 is 0 Å². The van der Waals surface area contributed by atoms with E-state index in [0.29, 0.717) is 24.1 Å². The summed E-state index contributed by atoms with van der Waals surface area (Å²) in [4.78, 5) is 25.7. The lowest BCUT2D eigenvalue weighted by Crippen LogP contribution is -2.25. The minimum absolute atomic E-state index is 0.0396. The Hall–Kier alpha value is -8.68. The zero-order valence-electron chi connectivity index (χ0n) is 41.8. The number of hydrogen-bond donors (Lipinski definition) is 0. The third-order valence-corrected chi connectivity index (χ3v) is 14.4. The van der Waals surface area contributed by atoms with Gasteiger partial charge < -0.3 is 9.80 Å². The highest BCUT2D eigenvalue weighted by atomic mass is 15.4. The van der Waals surface area contributed by atoms with Gasteiger partial charge in [-0.25, -0.2) is 19.9 Å². The maximum atomic E-state index is 5.33. The quantitative estimate of drug-likeness (QED) is 0.151. The van der Waals surface area contributed by atoms with Gasteiger partial charge in [0.05, 0.1) is 28.1 Å². The smallest absolute Gasteiger partial charge is 0.164 e. The predicted octanol–water partition coefficient (Wildman–Crippen LogP) is 16.5. The third-order valence-electron chi connectivity index (χ3n) is 14.4. The predicted molar refractivity (Wildman–Crippen MR) is 299 cm³/mol. The minimum Gasteiger partial charge on any atom is -0.321 e. The van der Waals surface area contributed by atoms with Gasteiger partial charge in [0.15, 0.2) is 17.5 Å². The van der Waals surface area contributed by atoms with E-state index in [2.05, 4.69) is 233 Å². The van der Waals surface area contributed by atoms with Crippen LogP contribution in [0.2, 0.25) is 0 Å². The first kappa shape index (κ1) is 44.5. The minimum atomic E-state index is -0.0396. The Labute approximate surface area is 421 Å². The fraction of sp³-hybridized carbons (Fsp3) is 0.138. The van der Waals surface area contributed by atoms with Crippen molar-refractivity contribution in [2.75, 3.05) is 16.5 Å². The molecule has 0 atom stereocenters. The van der Waals surface area contributed by atoms with Crippen molar-refractivity contribution in [1.82, 2.24) is 24.5 Å². The number of aryl methyl sites for hydroxylation is 4. The fourth-order valence-electron chi connectivity index (χ4n) is 10.9. The summed E-state index contributed by atoms with van der Waals surface area (Å²) in [5.41, 5.74) is 20.5. The van der Waals surface area contributed by atoms with Crippen molar-refractivity contribution < 1.29 is 0 Å². The number of aromatic nitrogens is 5. The molecule has 350 valence electrons. The van der Waals surface area contributed by atoms with Crippen LogP contribution in [0.15, 0.2) is 194 Å². The summed E-state index contributed by atoms with van der Waals surface area (Å²) in [7, 11) is 0. The average Bonchev–Trinajstić information content (AvgIpc) is 3.95. The van der Waals surface area contributed by atoms with Gasteiger partial charge in [0.25, 0.3) is 0 Å². The van der Waals surface area contributed by atoms with Crippen LogP contribution in [0.1, 0.15) is 48.6 Å². The first-order valence-corrected chi connectivity index (χ1v) is 24.8. The van der Waals surface area contributed by atoms with E-state index in [1.807, 2.05) is 24.4 Å². The Kier molecular flexibility index (Phi) is 10.9. The van der Waals surface area contributed by atoms with Crippen LogP contribution in [0.3, 0.4) is 0 Å². The van der Waals surface area contributed by atoms with E-state index in [1.54, 1.807) is 0 Å². The first-order valence-electron chi connectivity index (χ1n) is 24.8. The van der Waals surface area contributed by atoms with E-state index in [0.717, 1.165) is 61.4 Å². The molecule has 0 saturated carbocycles. The van der Waals surface area contributed by atoms with Gasteiger partial charge in [-0.05, 0) is 121 Å². The topological polar surface area (TPSA) is 63.0 Å². The van der Waals surface area contributed by atoms with Crippen LogP contribution in [-0.4, -0.2) is 31.2 Å². The second-order valence-electron chi connectivity index (χ2n) is 20.2. The van der Waals surface area contributed by atoms with Crippen LogP contribution >= 0.6 is 0 Å². The van der Waals surface area contributed by atoms with Crippen molar-refractivity contribution in [3.63, 3.8) is 0 Å². The van der Waals surface area contributed by atoms with Gasteiger partial charge in [-0.2, -0.15) is 0 Å². The molecule has 0 spiro atoms. The lowest BCUT2D eigenvalue weighted by Gasteiger charge is -2.29. The van der Waals surface area contributed by atoms with Crippen molar-refractivity contribution in [1.29, 1.82) is 0 Å². The number of fused-ring (bicyclic) bond motifs is 4. The summed E-state index contributed by atoms with van der Waals surface area (Å²) in [5.74, 6) is 2.68. The van der Waals surface area contributed by atoms with Gasteiger partial charge in [-0.15, -0.1) is 0 Å². The van der Waals surface area contributed by atoms with E-state index in [-0.39, 0.29) is 5.41 Å². The highest BCUT2D eigenvalue weighted by Gasteiger charge is 2.32. The Bertz CT molecular complexity index is 3790. The molecular weight excluding hydrogens is 879 g/mol. The fourth-order valence-corrected chi connectivity index (χ4v) is 10.9. The molecule has 0 bridgehead atoms. The van der Waals surface area contributed by atoms with Crippen molar-refractivity contribution in [3.05, 3.63) is 222 Å². The van der Waals surface area contributed by atoms with Gasteiger partial charge in [-0.1, -0.05) is 160 Å². The van der Waals surface area contributed by atoms with Crippen molar-refractivity contribution >= 4 is 44.6 Å². The molecule has 1 aliphatic rings. The molecule has 1 aliphatic heterocycles. The molecular formula is C65H55N7. The SMILES string of the molecule is Cc1cccc(C)c1-c1cccc(-c2c(C)cccc2C)c1N1CN(c2cccc(-c3nc(-c4ccccc4)nc(-c4ccc5c6ccccc6n(-c6cc(C(C)(C)C)ccn6)c5c4)n3)c2)c2ccccc21. The van der Waals surface area contributed by atoms with E-state index in [4.69, 9.17) is 19.9 Å². The second kappa shape index (κ2) is 17.6. The average molecular weight is 934 g/mol. The Morgan fingerprint density at radius 1 is 0.431 bits per heavy atom. The molecule has 0 N–H and O–H groups in total. The van der Waals surface area contributed by atoms with Crippen LogP contribution in [0.4, 0.5) is 22.7 Å². The normalized spacial score (nSPS) is 12.5. The van der Waals surface area contributed by atoms with Gasteiger partial charge in [0.1, 0.15) is 12.5 Å².